The summed E-state index contributed by atoms with van der Waals surface area (Å²) in [4.78, 5) is 14.3. The minimum Gasteiger partial charge on any atom is -0.341 e. The Morgan fingerprint density at radius 1 is 1.39 bits per heavy atom. The predicted molar refractivity (Wildman–Crippen MR) is 73.8 cm³/mol. The van der Waals surface area contributed by atoms with Crippen molar-refractivity contribution in [3.8, 4) is 0 Å². The van der Waals surface area contributed by atoms with Gasteiger partial charge in [0.15, 0.2) is 0 Å². The third kappa shape index (κ3) is 3.33. The van der Waals surface area contributed by atoms with Crippen LogP contribution in [-0.4, -0.2) is 38.0 Å². The van der Waals surface area contributed by atoms with E-state index in [1.54, 1.807) is 0 Å². The first-order chi connectivity index (χ1) is 8.72. The van der Waals surface area contributed by atoms with Gasteiger partial charge in [-0.2, -0.15) is 0 Å². The van der Waals surface area contributed by atoms with Crippen LogP contribution < -0.4 is 5.32 Å². The van der Waals surface area contributed by atoms with Crippen molar-refractivity contribution in [1.29, 1.82) is 0 Å². The van der Waals surface area contributed by atoms with Crippen molar-refractivity contribution in [2.75, 3.05) is 27.2 Å². The molecule has 2 rings (SSSR count). The van der Waals surface area contributed by atoms with Gasteiger partial charge < -0.3 is 10.2 Å². The monoisotopic (exact) mass is 246 g/mol. The Kier molecular flexibility index (Phi) is 4.37. The Hall–Kier alpha value is -1.35. The number of likely N-dealkylation sites (N-methyl/N-ethyl adjacent to an activating group) is 1. The number of amides is 1. The lowest BCUT2D eigenvalue weighted by Crippen LogP contribution is -2.29. The molecule has 3 heteroatoms. The maximum Gasteiger partial charge on any atom is 0.253 e. The molecule has 1 fully saturated rings. The third-order valence-corrected chi connectivity index (χ3v) is 3.47. The largest absolute Gasteiger partial charge is 0.341 e. The van der Waals surface area contributed by atoms with Crippen molar-refractivity contribution in [3.05, 3.63) is 35.4 Å². The second-order valence-corrected chi connectivity index (χ2v) is 5.14. The van der Waals surface area contributed by atoms with Gasteiger partial charge in [0.2, 0.25) is 0 Å². The highest BCUT2D eigenvalue weighted by Crippen LogP contribution is 2.29. The van der Waals surface area contributed by atoms with E-state index in [0.29, 0.717) is 0 Å². The molecular formula is C15H22N2O. The molecule has 0 spiro atoms. The molecule has 0 aromatic heterocycles. The topological polar surface area (TPSA) is 32.3 Å². The molecule has 1 aliphatic carbocycles. The number of hydrogen-bond donors (Lipinski definition) is 1. The Morgan fingerprint density at radius 2 is 2.11 bits per heavy atom. The minimum absolute atomic E-state index is 0.161. The summed E-state index contributed by atoms with van der Waals surface area (Å²) in [5, 5.41) is 3.13. The first kappa shape index (κ1) is 13.1. The lowest BCUT2D eigenvalue weighted by molar-refractivity contribution is 0.0787. The van der Waals surface area contributed by atoms with Crippen LogP contribution in [0.25, 0.3) is 0 Å². The van der Waals surface area contributed by atoms with Gasteiger partial charge in [-0.15, -0.1) is 0 Å². The van der Waals surface area contributed by atoms with E-state index in [9.17, 15) is 4.79 Å². The van der Waals surface area contributed by atoms with E-state index in [0.717, 1.165) is 36.6 Å². The number of nitrogens with zero attached hydrogens (tertiary/aromatic N) is 1. The Labute approximate surface area is 109 Å². The van der Waals surface area contributed by atoms with Crippen molar-refractivity contribution >= 4 is 5.91 Å². The van der Waals surface area contributed by atoms with Crippen LogP contribution in [0.2, 0.25) is 0 Å². The summed E-state index contributed by atoms with van der Waals surface area (Å²) in [6.07, 6.45) is 3.45. The lowest BCUT2D eigenvalue weighted by atomic mass is 10.0. The number of carbonyl (C=O) groups excluding carboxylic acids is 1. The molecule has 1 saturated carbocycles. The van der Waals surface area contributed by atoms with Gasteiger partial charge in [-0.1, -0.05) is 18.2 Å². The second kappa shape index (κ2) is 6.01. The van der Waals surface area contributed by atoms with E-state index in [1.165, 1.54) is 12.8 Å². The van der Waals surface area contributed by atoms with Crippen molar-refractivity contribution < 1.29 is 4.79 Å². The van der Waals surface area contributed by atoms with Gasteiger partial charge in [0.1, 0.15) is 0 Å². The SMILES string of the molecule is CNCCc1ccccc1C(=O)N(C)CC1CC1. The molecule has 18 heavy (non-hydrogen) atoms. The smallest absolute Gasteiger partial charge is 0.253 e. The normalized spacial score (nSPS) is 14.6. The number of nitrogens with one attached hydrogen (secondary N) is 1. The number of hydrogen-bond acceptors (Lipinski definition) is 2. The molecule has 1 aromatic rings. The van der Waals surface area contributed by atoms with Crippen LogP contribution in [-0.2, 0) is 6.42 Å². The fraction of sp³-hybridized carbons (Fsp3) is 0.533. The second-order valence-electron chi connectivity index (χ2n) is 5.14. The number of benzene rings is 1. The highest BCUT2D eigenvalue weighted by atomic mass is 16.2. The summed E-state index contributed by atoms with van der Waals surface area (Å²) in [5.74, 6) is 0.900. The molecule has 0 heterocycles. The van der Waals surface area contributed by atoms with Gasteiger partial charge in [-0.3, -0.25) is 4.79 Å². The first-order valence-electron chi connectivity index (χ1n) is 6.70. The van der Waals surface area contributed by atoms with Crippen molar-refractivity contribution in [1.82, 2.24) is 10.2 Å². The van der Waals surface area contributed by atoms with Crippen molar-refractivity contribution in [2.24, 2.45) is 5.92 Å². The zero-order chi connectivity index (χ0) is 13.0. The molecule has 0 radical (unpaired) electrons. The molecule has 3 nitrogen and oxygen atoms in total. The molecule has 0 bridgehead atoms. The third-order valence-electron chi connectivity index (χ3n) is 3.47. The fourth-order valence-corrected chi connectivity index (χ4v) is 2.18. The predicted octanol–water partition coefficient (Wildman–Crippen LogP) is 1.93. The van der Waals surface area contributed by atoms with Crippen LogP contribution in [0.1, 0.15) is 28.8 Å². The van der Waals surface area contributed by atoms with Gasteiger partial charge in [0, 0.05) is 19.2 Å². The zero-order valence-corrected chi connectivity index (χ0v) is 11.3. The van der Waals surface area contributed by atoms with Gasteiger partial charge in [0.05, 0.1) is 0 Å². The molecule has 0 saturated heterocycles. The molecule has 1 aromatic carbocycles. The highest BCUT2D eigenvalue weighted by Gasteiger charge is 2.25. The van der Waals surface area contributed by atoms with E-state index in [-0.39, 0.29) is 5.91 Å². The van der Waals surface area contributed by atoms with Crippen molar-refractivity contribution in [3.63, 3.8) is 0 Å². The summed E-state index contributed by atoms with van der Waals surface area (Å²) in [6.45, 7) is 1.80. The molecule has 0 atom stereocenters. The molecule has 0 aliphatic heterocycles. The highest BCUT2D eigenvalue weighted by molar-refractivity contribution is 5.95. The lowest BCUT2D eigenvalue weighted by Gasteiger charge is -2.18. The van der Waals surface area contributed by atoms with E-state index in [2.05, 4.69) is 11.4 Å². The Bertz CT molecular complexity index is 413. The molecular weight excluding hydrogens is 224 g/mol. The van der Waals surface area contributed by atoms with Crippen LogP contribution in [0, 0.1) is 5.92 Å². The molecule has 1 aliphatic rings. The Morgan fingerprint density at radius 3 is 2.78 bits per heavy atom. The molecule has 98 valence electrons. The van der Waals surface area contributed by atoms with Gasteiger partial charge >= 0.3 is 0 Å². The van der Waals surface area contributed by atoms with E-state index in [4.69, 9.17) is 0 Å². The maximum atomic E-state index is 12.4. The van der Waals surface area contributed by atoms with Gasteiger partial charge in [0.25, 0.3) is 5.91 Å². The summed E-state index contributed by atoms with van der Waals surface area (Å²) in [7, 11) is 3.85. The fourth-order valence-electron chi connectivity index (χ4n) is 2.18. The van der Waals surface area contributed by atoms with Crippen LogP contribution in [0.15, 0.2) is 24.3 Å². The average molecular weight is 246 g/mol. The first-order valence-corrected chi connectivity index (χ1v) is 6.70. The van der Waals surface area contributed by atoms with E-state index >= 15 is 0 Å². The summed E-state index contributed by atoms with van der Waals surface area (Å²) < 4.78 is 0. The Balaban J connectivity index is 2.07. The molecule has 1 amide bonds. The molecule has 1 N–H and O–H groups in total. The van der Waals surface area contributed by atoms with Crippen LogP contribution in [0.3, 0.4) is 0 Å². The quantitative estimate of drug-likeness (QED) is 0.832. The van der Waals surface area contributed by atoms with Crippen LogP contribution >= 0.6 is 0 Å². The van der Waals surface area contributed by atoms with E-state index in [1.807, 2.05) is 37.2 Å². The van der Waals surface area contributed by atoms with Gasteiger partial charge in [-0.25, -0.2) is 0 Å². The van der Waals surface area contributed by atoms with Crippen LogP contribution in [0.4, 0.5) is 0 Å². The minimum atomic E-state index is 0.161. The van der Waals surface area contributed by atoms with E-state index < -0.39 is 0 Å². The summed E-state index contributed by atoms with van der Waals surface area (Å²) in [6, 6.07) is 7.94. The van der Waals surface area contributed by atoms with Gasteiger partial charge in [-0.05, 0) is 50.4 Å². The van der Waals surface area contributed by atoms with Crippen molar-refractivity contribution in [2.45, 2.75) is 19.3 Å². The summed E-state index contributed by atoms with van der Waals surface area (Å²) >= 11 is 0. The zero-order valence-electron chi connectivity index (χ0n) is 11.3. The number of rotatable bonds is 6. The summed E-state index contributed by atoms with van der Waals surface area (Å²) in [5.41, 5.74) is 2.00. The van der Waals surface area contributed by atoms with Crippen LogP contribution in [0.5, 0.6) is 0 Å². The average Bonchev–Trinajstić information content (AvgIpc) is 3.19. The molecule has 0 unspecified atom stereocenters. The maximum absolute atomic E-state index is 12.4. The standard InChI is InChI=1S/C15H22N2O/c1-16-10-9-13-5-3-4-6-14(13)15(18)17(2)11-12-7-8-12/h3-6,12,16H,7-11H2,1-2H3. The number of carbonyl (C=O) groups is 1.